The topological polar surface area (TPSA) is 62.7 Å². The van der Waals surface area contributed by atoms with Crippen molar-refractivity contribution in [2.75, 3.05) is 31.1 Å². The Labute approximate surface area is 202 Å². The van der Waals surface area contributed by atoms with E-state index in [2.05, 4.69) is 0 Å². The first-order valence-electron chi connectivity index (χ1n) is 11.1. The lowest BCUT2D eigenvalue weighted by Crippen LogP contribution is -2.46. The van der Waals surface area contributed by atoms with Crippen LogP contribution in [0.2, 0.25) is 5.02 Å². The van der Waals surface area contributed by atoms with Gasteiger partial charge in [-0.15, -0.1) is 11.3 Å². The average Bonchev–Trinajstić information content (AvgIpc) is 3.31. The third kappa shape index (κ3) is 5.04. The van der Waals surface area contributed by atoms with Crippen molar-refractivity contribution in [1.29, 1.82) is 0 Å². The number of nitrogens with zero attached hydrogens (tertiary/aromatic N) is 3. The molecule has 0 bridgehead atoms. The van der Waals surface area contributed by atoms with Crippen LogP contribution < -0.4 is 9.64 Å². The fourth-order valence-corrected chi connectivity index (χ4v) is 4.99. The molecule has 0 radical (unpaired) electrons. The van der Waals surface area contributed by atoms with Crippen LogP contribution in [0.3, 0.4) is 0 Å². The number of amides is 2. The van der Waals surface area contributed by atoms with Crippen LogP contribution >= 0.6 is 22.9 Å². The average molecular weight is 484 g/mol. The number of thiazole rings is 1. The van der Waals surface area contributed by atoms with Crippen LogP contribution in [-0.2, 0) is 9.59 Å². The molecule has 172 valence electrons. The first-order chi connectivity index (χ1) is 16.0. The van der Waals surface area contributed by atoms with Gasteiger partial charge in [-0.25, -0.2) is 4.98 Å². The molecule has 4 rings (SSSR count). The van der Waals surface area contributed by atoms with Crippen molar-refractivity contribution in [3.63, 3.8) is 0 Å². The Kier molecular flexibility index (Phi) is 7.30. The number of anilines is 1. The maximum atomic E-state index is 13.0. The third-order valence-corrected chi connectivity index (χ3v) is 6.64. The van der Waals surface area contributed by atoms with E-state index in [1.165, 1.54) is 16.2 Å². The second kappa shape index (κ2) is 10.4. The molecule has 2 amide bonds. The molecule has 8 heteroatoms. The van der Waals surface area contributed by atoms with Gasteiger partial charge in [-0.05, 0) is 37.1 Å². The molecule has 0 unspecified atom stereocenters. The Morgan fingerprint density at radius 3 is 2.67 bits per heavy atom. The van der Waals surface area contributed by atoms with Gasteiger partial charge in [0.05, 0.1) is 16.4 Å². The molecule has 0 spiro atoms. The van der Waals surface area contributed by atoms with Crippen molar-refractivity contribution in [1.82, 2.24) is 9.88 Å². The summed E-state index contributed by atoms with van der Waals surface area (Å²) in [4.78, 5) is 33.8. The maximum Gasteiger partial charge on any atom is 0.265 e. The smallest absolute Gasteiger partial charge is 0.265 e. The predicted octanol–water partition coefficient (Wildman–Crippen LogP) is 5.50. The number of fused-ring (bicyclic) bond motifs is 1. The van der Waals surface area contributed by atoms with Gasteiger partial charge in [0.2, 0.25) is 5.91 Å². The monoisotopic (exact) mass is 483 g/mol. The number of hydrogen-bond acceptors (Lipinski definition) is 5. The zero-order chi connectivity index (χ0) is 23.4. The van der Waals surface area contributed by atoms with Crippen LogP contribution in [0.25, 0.3) is 21.8 Å². The van der Waals surface area contributed by atoms with Gasteiger partial charge in [0, 0.05) is 29.6 Å². The number of benzene rings is 2. The minimum Gasteiger partial charge on any atom is -0.482 e. The summed E-state index contributed by atoms with van der Waals surface area (Å²) in [7, 11) is 0. The van der Waals surface area contributed by atoms with E-state index in [0.717, 1.165) is 34.7 Å². The van der Waals surface area contributed by atoms with E-state index in [4.69, 9.17) is 21.3 Å². The van der Waals surface area contributed by atoms with E-state index in [0.29, 0.717) is 29.5 Å². The van der Waals surface area contributed by atoms with Crippen LogP contribution in [0.4, 0.5) is 5.69 Å². The van der Waals surface area contributed by atoms with Gasteiger partial charge in [-0.1, -0.05) is 43.6 Å². The van der Waals surface area contributed by atoms with Gasteiger partial charge in [0.15, 0.2) is 6.61 Å². The second-order valence-corrected chi connectivity index (χ2v) is 9.11. The Hall–Kier alpha value is -2.90. The lowest BCUT2D eigenvalue weighted by molar-refractivity contribution is -0.132. The molecule has 33 heavy (non-hydrogen) atoms. The highest BCUT2D eigenvalue weighted by Gasteiger charge is 2.29. The maximum absolute atomic E-state index is 13.0. The number of halogens is 1. The van der Waals surface area contributed by atoms with Crippen molar-refractivity contribution in [3.8, 4) is 27.6 Å². The van der Waals surface area contributed by atoms with Crippen molar-refractivity contribution in [3.05, 3.63) is 52.9 Å². The predicted molar refractivity (Wildman–Crippen MR) is 133 cm³/mol. The number of ether oxygens (including phenoxy) is 1. The summed E-state index contributed by atoms with van der Waals surface area (Å²) in [6.45, 7) is 5.38. The fraction of sp³-hybridized carbons (Fsp3) is 0.320. The Morgan fingerprint density at radius 1 is 1.18 bits per heavy atom. The Morgan fingerprint density at radius 2 is 1.94 bits per heavy atom. The summed E-state index contributed by atoms with van der Waals surface area (Å²) < 4.78 is 5.63. The zero-order valence-corrected chi connectivity index (χ0v) is 20.3. The van der Waals surface area contributed by atoms with Crippen molar-refractivity contribution < 1.29 is 14.3 Å². The molecule has 0 saturated carbocycles. The highest BCUT2D eigenvalue weighted by atomic mass is 35.5. The van der Waals surface area contributed by atoms with Gasteiger partial charge < -0.3 is 9.64 Å². The first-order valence-corrected chi connectivity index (χ1v) is 12.3. The second-order valence-electron chi connectivity index (χ2n) is 7.85. The minimum atomic E-state index is -0.226. The molecular formula is C25H26ClN3O3S. The van der Waals surface area contributed by atoms with Gasteiger partial charge in [-0.3, -0.25) is 14.5 Å². The summed E-state index contributed by atoms with van der Waals surface area (Å²) in [6.07, 6.45) is 1.75. The van der Waals surface area contributed by atoms with Crippen molar-refractivity contribution >= 4 is 40.4 Å². The van der Waals surface area contributed by atoms with Gasteiger partial charge >= 0.3 is 0 Å². The van der Waals surface area contributed by atoms with Crippen LogP contribution in [0, 0.1) is 0 Å². The first kappa shape index (κ1) is 23.3. The standard InChI is InChI=1S/C25H26ClN3O3S/c1-3-11-28(12-4-2)23(30)14-29-21-13-17(9-10-22(21)32-15-24(29)31)20-16-33-25(27-20)18-7-5-6-8-19(18)26/h5-10,13,16H,3-4,11-12,14-15H2,1-2H3. The van der Waals surface area contributed by atoms with Gasteiger partial charge in [0.25, 0.3) is 5.91 Å². The highest BCUT2D eigenvalue weighted by molar-refractivity contribution is 7.13. The summed E-state index contributed by atoms with van der Waals surface area (Å²) >= 11 is 7.84. The van der Waals surface area contributed by atoms with Crippen LogP contribution in [0.1, 0.15) is 26.7 Å². The molecular weight excluding hydrogens is 458 g/mol. The number of carbonyl (C=O) groups excluding carboxylic acids is 2. The molecule has 0 fully saturated rings. The molecule has 0 atom stereocenters. The zero-order valence-electron chi connectivity index (χ0n) is 18.7. The van der Waals surface area contributed by atoms with Crippen molar-refractivity contribution in [2.24, 2.45) is 0 Å². The van der Waals surface area contributed by atoms with E-state index in [-0.39, 0.29) is 25.0 Å². The molecule has 2 heterocycles. The van der Waals surface area contributed by atoms with E-state index >= 15 is 0 Å². The molecule has 0 aliphatic carbocycles. The van der Waals surface area contributed by atoms with Gasteiger partial charge in [0.1, 0.15) is 17.3 Å². The number of aromatic nitrogens is 1. The number of rotatable bonds is 8. The van der Waals surface area contributed by atoms with E-state index in [1.54, 1.807) is 0 Å². The van der Waals surface area contributed by atoms with E-state index in [9.17, 15) is 9.59 Å². The lowest BCUT2D eigenvalue weighted by Gasteiger charge is -2.31. The van der Waals surface area contributed by atoms with E-state index < -0.39 is 0 Å². The summed E-state index contributed by atoms with van der Waals surface area (Å²) in [6, 6.07) is 13.2. The van der Waals surface area contributed by atoms with E-state index in [1.807, 2.05) is 66.6 Å². The molecule has 3 aromatic rings. The molecule has 1 aliphatic heterocycles. The Balaban J connectivity index is 1.63. The normalized spacial score (nSPS) is 12.9. The Bertz CT molecular complexity index is 1160. The molecule has 2 aromatic carbocycles. The molecule has 1 aliphatic rings. The van der Waals surface area contributed by atoms with Crippen LogP contribution in [0.15, 0.2) is 47.8 Å². The summed E-state index contributed by atoms with van der Waals surface area (Å²) in [5.74, 6) is 0.307. The molecule has 0 N–H and O–H groups in total. The fourth-order valence-electron chi connectivity index (χ4n) is 3.84. The number of carbonyl (C=O) groups is 2. The quantitative estimate of drug-likeness (QED) is 0.424. The van der Waals surface area contributed by atoms with Gasteiger partial charge in [-0.2, -0.15) is 0 Å². The van der Waals surface area contributed by atoms with Crippen LogP contribution in [-0.4, -0.2) is 47.9 Å². The third-order valence-electron chi connectivity index (χ3n) is 5.44. The minimum absolute atomic E-state index is 0.000581. The summed E-state index contributed by atoms with van der Waals surface area (Å²) in [5, 5.41) is 3.43. The molecule has 1 aromatic heterocycles. The highest BCUT2D eigenvalue weighted by Crippen LogP contribution is 2.38. The van der Waals surface area contributed by atoms with Crippen LogP contribution in [0.5, 0.6) is 5.75 Å². The summed E-state index contributed by atoms with van der Waals surface area (Å²) in [5.41, 5.74) is 3.10. The largest absolute Gasteiger partial charge is 0.482 e. The number of hydrogen-bond donors (Lipinski definition) is 0. The van der Waals surface area contributed by atoms with Crippen molar-refractivity contribution in [2.45, 2.75) is 26.7 Å². The molecule has 6 nitrogen and oxygen atoms in total. The lowest BCUT2D eigenvalue weighted by atomic mass is 10.1. The molecule has 0 saturated heterocycles. The SMILES string of the molecule is CCCN(CCC)C(=O)CN1C(=O)COc2ccc(-c3csc(-c4ccccc4Cl)n3)cc21.